The Labute approximate surface area is 68.0 Å². The zero-order valence-electron chi connectivity index (χ0n) is 6.69. The van der Waals surface area contributed by atoms with Gasteiger partial charge in [0.25, 0.3) is 0 Å². The van der Waals surface area contributed by atoms with Crippen molar-refractivity contribution >= 4 is 0 Å². The van der Waals surface area contributed by atoms with E-state index in [4.69, 9.17) is 0 Å². The summed E-state index contributed by atoms with van der Waals surface area (Å²) >= 11 is 0. The first kappa shape index (κ1) is 6.05. The molecule has 2 spiro atoms. The topological polar surface area (TPSA) is 0 Å². The average molecular weight is 144 g/mol. The fraction of sp³-hybridized carbons (Fsp3) is 0.545. The molecule has 0 unspecified atom stereocenters. The molecule has 3 aliphatic rings. The van der Waals surface area contributed by atoms with Gasteiger partial charge in [-0.15, -0.1) is 0 Å². The maximum absolute atomic E-state index is 4.07. The van der Waals surface area contributed by atoms with Crippen molar-refractivity contribution in [3.05, 3.63) is 30.7 Å². The van der Waals surface area contributed by atoms with Crippen LogP contribution in [0, 0.1) is 17.3 Å². The predicted octanol–water partition coefficient (Wildman–Crippen LogP) is 2.75. The normalized spacial score (nSPS) is 34.7. The van der Waals surface area contributed by atoms with Crippen molar-refractivity contribution in [1.82, 2.24) is 0 Å². The summed E-state index contributed by atoms with van der Waals surface area (Å²) < 4.78 is 0. The van der Waals surface area contributed by atoms with Gasteiger partial charge in [-0.3, -0.25) is 0 Å². The molecule has 0 aromatic heterocycles. The van der Waals surface area contributed by atoms with E-state index in [1.165, 1.54) is 31.3 Å². The Hall–Kier alpha value is -0.520. The van der Waals surface area contributed by atoms with E-state index in [1.54, 1.807) is 0 Å². The molecular weight excluding hydrogens is 132 g/mol. The largest absolute Gasteiger partial charge is 0.0953 e. The molecule has 0 heterocycles. The van der Waals surface area contributed by atoms with E-state index in [0.29, 0.717) is 10.8 Å². The molecular formula is C11H12. The minimum Gasteiger partial charge on any atom is -0.0953 e. The van der Waals surface area contributed by atoms with Gasteiger partial charge in [0.05, 0.1) is 0 Å². The van der Waals surface area contributed by atoms with Crippen LogP contribution in [0.25, 0.3) is 0 Å². The van der Waals surface area contributed by atoms with Gasteiger partial charge >= 0.3 is 0 Å². The van der Waals surface area contributed by atoms with E-state index < -0.39 is 0 Å². The standard InChI is InChI=1S/C11H12/c1-9-2-3-10(4-5-10)8-11(9)6-7-11/h2-3H,1,4-7H2. The summed E-state index contributed by atoms with van der Waals surface area (Å²) in [6, 6.07) is 0. The van der Waals surface area contributed by atoms with E-state index in [1.807, 2.05) is 0 Å². The van der Waals surface area contributed by atoms with Crippen LogP contribution in [-0.2, 0) is 0 Å². The fourth-order valence-corrected chi connectivity index (χ4v) is 2.02. The summed E-state index contributed by atoms with van der Waals surface area (Å²) in [4.78, 5) is 0. The lowest BCUT2D eigenvalue weighted by Crippen LogP contribution is -2.15. The predicted molar refractivity (Wildman–Crippen MR) is 44.9 cm³/mol. The molecule has 0 aromatic rings. The van der Waals surface area contributed by atoms with Gasteiger partial charge in [0.15, 0.2) is 0 Å². The molecule has 3 aliphatic carbocycles. The second kappa shape index (κ2) is 1.48. The van der Waals surface area contributed by atoms with Crippen molar-refractivity contribution in [3.63, 3.8) is 0 Å². The zero-order valence-corrected chi connectivity index (χ0v) is 6.69. The molecule has 0 heteroatoms. The minimum atomic E-state index is 0.352. The van der Waals surface area contributed by atoms with Crippen molar-refractivity contribution in [2.24, 2.45) is 10.8 Å². The van der Waals surface area contributed by atoms with Gasteiger partial charge in [0, 0.05) is 11.8 Å². The van der Waals surface area contributed by atoms with E-state index in [9.17, 15) is 0 Å². The van der Waals surface area contributed by atoms with Gasteiger partial charge in [-0.1, -0.05) is 18.7 Å². The summed E-state index contributed by atoms with van der Waals surface area (Å²) in [5.41, 5.74) is 2.07. The SMILES string of the molecule is C=C1C=CC2([C]C13CC3)CC2. The van der Waals surface area contributed by atoms with Crippen LogP contribution in [-0.4, -0.2) is 0 Å². The number of allylic oxidation sites excluding steroid dienone is 3. The highest BCUT2D eigenvalue weighted by Crippen LogP contribution is 2.66. The molecule has 0 nitrogen and oxygen atoms in total. The van der Waals surface area contributed by atoms with E-state index >= 15 is 0 Å². The number of rotatable bonds is 0. The van der Waals surface area contributed by atoms with Crippen LogP contribution < -0.4 is 0 Å². The Morgan fingerprint density at radius 2 is 2.00 bits per heavy atom. The van der Waals surface area contributed by atoms with Crippen LogP contribution in [0.2, 0.25) is 0 Å². The second-order valence-corrected chi connectivity index (χ2v) is 4.22. The van der Waals surface area contributed by atoms with Crippen LogP contribution in [0.4, 0.5) is 0 Å². The van der Waals surface area contributed by atoms with Gasteiger partial charge in [0.2, 0.25) is 0 Å². The van der Waals surface area contributed by atoms with Gasteiger partial charge in [-0.2, -0.15) is 0 Å². The molecule has 0 aromatic carbocycles. The van der Waals surface area contributed by atoms with E-state index in [2.05, 4.69) is 25.2 Å². The molecule has 2 saturated carbocycles. The Kier molecular flexibility index (Phi) is 0.812. The van der Waals surface area contributed by atoms with Crippen molar-refractivity contribution in [2.75, 3.05) is 0 Å². The molecule has 0 saturated heterocycles. The molecule has 0 aliphatic heterocycles. The maximum atomic E-state index is 4.07. The Morgan fingerprint density at radius 3 is 2.55 bits per heavy atom. The first-order valence-corrected chi connectivity index (χ1v) is 4.43. The smallest absolute Gasteiger partial charge is 0.00492 e. The average Bonchev–Trinajstić information content (AvgIpc) is 2.86. The van der Waals surface area contributed by atoms with Crippen LogP contribution >= 0.6 is 0 Å². The second-order valence-electron chi connectivity index (χ2n) is 4.22. The van der Waals surface area contributed by atoms with Crippen LogP contribution in [0.15, 0.2) is 24.3 Å². The third-order valence-corrected chi connectivity index (χ3v) is 3.25. The lowest BCUT2D eigenvalue weighted by Gasteiger charge is -2.24. The van der Waals surface area contributed by atoms with Crippen LogP contribution in [0.5, 0.6) is 0 Å². The van der Waals surface area contributed by atoms with Crippen molar-refractivity contribution in [1.29, 1.82) is 0 Å². The molecule has 3 rings (SSSR count). The summed E-state index contributed by atoms with van der Waals surface area (Å²) in [6.45, 7) is 4.07. The fourth-order valence-electron chi connectivity index (χ4n) is 2.02. The maximum Gasteiger partial charge on any atom is 0.00492 e. The lowest BCUT2D eigenvalue weighted by atomic mass is 9.79. The highest BCUT2D eigenvalue weighted by atomic mass is 14.6. The highest BCUT2D eigenvalue weighted by molar-refractivity contribution is 5.43. The number of hydrogen-bond donors (Lipinski definition) is 0. The molecule has 0 atom stereocenters. The molecule has 2 radical (unpaired) electrons. The Balaban J connectivity index is 1.99. The van der Waals surface area contributed by atoms with Crippen molar-refractivity contribution in [3.8, 4) is 0 Å². The summed E-state index contributed by atoms with van der Waals surface area (Å²) in [7, 11) is 0. The van der Waals surface area contributed by atoms with Crippen molar-refractivity contribution in [2.45, 2.75) is 25.7 Å². The molecule has 0 amide bonds. The molecule has 2 fully saturated rings. The van der Waals surface area contributed by atoms with Gasteiger partial charge in [0.1, 0.15) is 0 Å². The Morgan fingerprint density at radius 1 is 1.27 bits per heavy atom. The van der Waals surface area contributed by atoms with Gasteiger partial charge in [-0.25, -0.2) is 0 Å². The number of hydrogen-bond acceptors (Lipinski definition) is 0. The van der Waals surface area contributed by atoms with E-state index in [-0.39, 0.29) is 0 Å². The molecule has 0 N–H and O–H groups in total. The highest BCUT2D eigenvalue weighted by Gasteiger charge is 2.56. The van der Waals surface area contributed by atoms with Crippen LogP contribution in [0.3, 0.4) is 0 Å². The molecule has 56 valence electrons. The van der Waals surface area contributed by atoms with E-state index in [0.717, 1.165) is 0 Å². The molecule has 11 heavy (non-hydrogen) atoms. The minimum absolute atomic E-state index is 0.352. The lowest BCUT2D eigenvalue weighted by molar-refractivity contribution is 0.575. The third-order valence-electron chi connectivity index (χ3n) is 3.25. The van der Waals surface area contributed by atoms with Crippen molar-refractivity contribution < 1.29 is 0 Å². The first-order valence-electron chi connectivity index (χ1n) is 4.43. The summed E-state index contributed by atoms with van der Waals surface area (Å²) in [6.07, 6.45) is 13.5. The third kappa shape index (κ3) is 0.702. The summed E-state index contributed by atoms with van der Waals surface area (Å²) in [5, 5.41) is 0. The summed E-state index contributed by atoms with van der Waals surface area (Å²) in [5.74, 6) is 0. The Bertz CT molecular complexity index is 249. The molecule has 0 bridgehead atoms. The monoisotopic (exact) mass is 144 g/mol. The first-order chi connectivity index (χ1) is 5.25. The van der Waals surface area contributed by atoms with Gasteiger partial charge < -0.3 is 0 Å². The quantitative estimate of drug-likeness (QED) is 0.490. The van der Waals surface area contributed by atoms with Gasteiger partial charge in [-0.05, 0) is 36.7 Å². The van der Waals surface area contributed by atoms with Crippen LogP contribution in [0.1, 0.15) is 25.7 Å². The zero-order chi connectivity index (χ0) is 7.53.